The zero-order chi connectivity index (χ0) is 14.2. The molecule has 2 unspecified atom stereocenters. The molecule has 2 rings (SSSR count). The average molecular weight is 269 g/mol. The molecule has 6 nitrogen and oxygen atoms in total. The summed E-state index contributed by atoms with van der Waals surface area (Å²) in [7, 11) is 0. The van der Waals surface area contributed by atoms with Crippen molar-refractivity contribution in [2.24, 2.45) is 11.3 Å². The third-order valence-electron chi connectivity index (χ3n) is 3.97. The van der Waals surface area contributed by atoms with Gasteiger partial charge < -0.3 is 9.47 Å². The lowest BCUT2D eigenvalue weighted by Gasteiger charge is -2.40. The molecule has 2 heterocycles. The van der Waals surface area contributed by atoms with Crippen molar-refractivity contribution in [3.05, 3.63) is 0 Å². The van der Waals surface area contributed by atoms with Gasteiger partial charge in [0.15, 0.2) is 6.61 Å². The highest BCUT2D eigenvalue weighted by Crippen LogP contribution is 2.32. The van der Waals surface area contributed by atoms with Gasteiger partial charge in [0, 0.05) is 0 Å². The maximum atomic E-state index is 11.9. The van der Waals surface area contributed by atoms with E-state index in [9.17, 15) is 14.4 Å². The molecule has 2 atom stereocenters. The minimum atomic E-state index is -0.613. The summed E-state index contributed by atoms with van der Waals surface area (Å²) < 4.78 is 10.1. The summed E-state index contributed by atoms with van der Waals surface area (Å²) in [6, 6.07) is -0.169. The van der Waals surface area contributed by atoms with Gasteiger partial charge in [0.1, 0.15) is 0 Å². The number of hydrogen-bond donors (Lipinski definition) is 0. The Balaban J connectivity index is 1.86. The Bertz CT molecular complexity index is 417. The predicted octanol–water partition coefficient (Wildman–Crippen LogP) is 0.350. The topological polar surface area (TPSA) is 72.9 Å². The summed E-state index contributed by atoms with van der Waals surface area (Å²) in [4.78, 5) is 36.4. The molecule has 106 valence electrons. The van der Waals surface area contributed by atoms with Crippen LogP contribution in [-0.4, -0.2) is 48.5 Å². The van der Waals surface area contributed by atoms with Gasteiger partial charge in [0.25, 0.3) is 5.91 Å². The van der Waals surface area contributed by atoms with E-state index in [4.69, 9.17) is 9.47 Å². The van der Waals surface area contributed by atoms with Crippen molar-refractivity contribution in [3.63, 3.8) is 0 Å². The molecule has 19 heavy (non-hydrogen) atoms. The number of ether oxygens (including phenoxy) is 2. The van der Waals surface area contributed by atoms with Crippen molar-refractivity contribution in [1.82, 2.24) is 4.90 Å². The molecule has 2 saturated heterocycles. The molecule has 2 amide bonds. The summed E-state index contributed by atoms with van der Waals surface area (Å²) >= 11 is 0. The van der Waals surface area contributed by atoms with Crippen LogP contribution in [0.25, 0.3) is 0 Å². The minimum Gasteiger partial charge on any atom is -0.455 e. The van der Waals surface area contributed by atoms with E-state index in [1.807, 2.05) is 6.92 Å². The molecule has 2 aliphatic rings. The SMILES string of the molecule is CCC(C)(C)C(=O)OCC(=O)N1C(=O)C2COCC21. The largest absolute Gasteiger partial charge is 0.455 e. The van der Waals surface area contributed by atoms with Crippen LogP contribution in [0.1, 0.15) is 27.2 Å². The second-order valence-electron chi connectivity index (χ2n) is 5.63. The van der Waals surface area contributed by atoms with Gasteiger partial charge in [-0.2, -0.15) is 0 Å². The van der Waals surface area contributed by atoms with Crippen molar-refractivity contribution in [1.29, 1.82) is 0 Å². The number of nitrogens with zero attached hydrogens (tertiary/aromatic N) is 1. The lowest BCUT2D eigenvalue weighted by Crippen LogP contribution is -2.63. The molecule has 0 aromatic rings. The number of amides is 2. The lowest BCUT2D eigenvalue weighted by molar-refractivity contribution is -0.170. The average Bonchev–Trinajstić information content (AvgIpc) is 2.79. The summed E-state index contributed by atoms with van der Waals surface area (Å²) in [6.07, 6.45) is 0.626. The van der Waals surface area contributed by atoms with Crippen LogP contribution in [0, 0.1) is 11.3 Å². The van der Waals surface area contributed by atoms with Crippen LogP contribution < -0.4 is 0 Å². The summed E-state index contributed by atoms with van der Waals surface area (Å²) in [5, 5.41) is 0. The Hall–Kier alpha value is -1.43. The third-order valence-corrected chi connectivity index (χ3v) is 3.97. The second kappa shape index (κ2) is 4.92. The first-order chi connectivity index (χ1) is 8.88. The summed E-state index contributed by atoms with van der Waals surface area (Å²) in [5.41, 5.74) is -0.613. The Labute approximate surface area is 112 Å². The van der Waals surface area contributed by atoms with Crippen molar-refractivity contribution in [2.45, 2.75) is 33.2 Å². The van der Waals surface area contributed by atoms with Crippen molar-refractivity contribution in [3.8, 4) is 0 Å². The van der Waals surface area contributed by atoms with E-state index >= 15 is 0 Å². The molecule has 0 aliphatic carbocycles. The fourth-order valence-corrected chi connectivity index (χ4v) is 2.14. The number of carbonyl (C=O) groups is 3. The van der Waals surface area contributed by atoms with Gasteiger partial charge in [-0.05, 0) is 20.3 Å². The number of carbonyl (C=O) groups excluding carboxylic acids is 3. The quantitative estimate of drug-likeness (QED) is 0.544. The first-order valence-electron chi connectivity index (χ1n) is 6.49. The van der Waals surface area contributed by atoms with Gasteiger partial charge in [-0.25, -0.2) is 0 Å². The maximum absolute atomic E-state index is 11.9. The van der Waals surface area contributed by atoms with Gasteiger partial charge in [0.2, 0.25) is 5.91 Å². The molecule has 0 radical (unpaired) electrons. The number of β-lactam (4-membered cyclic amide) rings is 1. The number of esters is 1. The molecular formula is C13H19NO5. The van der Waals surface area contributed by atoms with Crippen LogP contribution in [0.3, 0.4) is 0 Å². The number of fused-ring (bicyclic) bond motifs is 1. The first kappa shape index (κ1) is 14.0. The van der Waals surface area contributed by atoms with Crippen LogP contribution in [0.2, 0.25) is 0 Å². The molecule has 0 bridgehead atoms. The van der Waals surface area contributed by atoms with Crippen molar-refractivity contribution < 1.29 is 23.9 Å². The predicted molar refractivity (Wildman–Crippen MR) is 65.0 cm³/mol. The van der Waals surface area contributed by atoms with Gasteiger partial charge in [-0.15, -0.1) is 0 Å². The van der Waals surface area contributed by atoms with Gasteiger partial charge in [-0.1, -0.05) is 6.92 Å². The zero-order valence-corrected chi connectivity index (χ0v) is 11.5. The normalized spacial score (nSPS) is 25.8. The van der Waals surface area contributed by atoms with E-state index in [0.29, 0.717) is 19.6 Å². The van der Waals surface area contributed by atoms with Crippen LogP contribution in [0.15, 0.2) is 0 Å². The van der Waals surface area contributed by atoms with Crippen LogP contribution >= 0.6 is 0 Å². The second-order valence-corrected chi connectivity index (χ2v) is 5.63. The highest BCUT2D eigenvalue weighted by molar-refractivity contribution is 6.03. The fraction of sp³-hybridized carbons (Fsp3) is 0.769. The minimum absolute atomic E-state index is 0.169. The van der Waals surface area contributed by atoms with Gasteiger partial charge >= 0.3 is 5.97 Å². The van der Waals surface area contributed by atoms with E-state index in [2.05, 4.69) is 0 Å². The molecule has 0 aromatic heterocycles. The fourth-order valence-electron chi connectivity index (χ4n) is 2.14. The molecule has 0 N–H and O–H groups in total. The number of likely N-dealkylation sites (tertiary alicyclic amines) is 1. The van der Waals surface area contributed by atoms with Crippen LogP contribution in [-0.2, 0) is 23.9 Å². The van der Waals surface area contributed by atoms with Crippen molar-refractivity contribution in [2.75, 3.05) is 19.8 Å². The molecule has 2 fully saturated rings. The molecule has 2 aliphatic heterocycles. The van der Waals surface area contributed by atoms with Crippen LogP contribution in [0.5, 0.6) is 0 Å². The third kappa shape index (κ3) is 2.36. The molecule has 0 spiro atoms. The number of hydrogen-bond acceptors (Lipinski definition) is 5. The molecular weight excluding hydrogens is 250 g/mol. The number of rotatable bonds is 4. The zero-order valence-electron chi connectivity index (χ0n) is 11.5. The highest BCUT2D eigenvalue weighted by atomic mass is 16.5. The summed E-state index contributed by atoms with van der Waals surface area (Å²) in [5.74, 6) is -1.29. The van der Waals surface area contributed by atoms with E-state index < -0.39 is 17.3 Å². The molecule has 0 saturated carbocycles. The first-order valence-corrected chi connectivity index (χ1v) is 6.49. The Morgan fingerprint density at radius 2 is 2.11 bits per heavy atom. The monoisotopic (exact) mass is 269 g/mol. The lowest BCUT2D eigenvalue weighted by atomic mass is 9.90. The van der Waals surface area contributed by atoms with E-state index in [0.717, 1.165) is 4.90 Å². The Morgan fingerprint density at radius 3 is 2.74 bits per heavy atom. The van der Waals surface area contributed by atoms with Crippen molar-refractivity contribution >= 4 is 17.8 Å². The standard InChI is InChI=1S/C13H19NO5/c1-4-13(2,3)12(17)19-7-10(15)14-9-6-18-5-8(9)11(14)16/h8-9H,4-7H2,1-3H3. The maximum Gasteiger partial charge on any atom is 0.312 e. The smallest absolute Gasteiger partial charge is 0.312 e. The van der Waals surface area contributed by atoms with E-state index in [1.54, 1.807) is 13.8 Å². The highest BCUT2D eigenvalue weighted by Gasteiger charge is 2.53. The van der Waals surface area contributed by atoms with Crippen LogP contribution in [0.4, 0.5) is 0 Å². The number of imide groups is 1. The molecule has 6 heteroatoms. The molecule has 0 aromatic carbocycles. The Morgan fingerprint density at radius 1 is 1.42 bits per heavy atom. The Kier molecular flexibility index (Phi) is 3.62. The van der Waals surface area contributed by atoms with E-state index in [1.165, 1.54) is 0 Å². The van der Waals surface area contributed by atoms with Gasteiger partial charge in [-0.3, -0.25) is 19.3 Å². The van der Waals surface area contributed by atoms with Gasteiger partial charge in [0.05, 0.1) is 30.6 Å². The van der Waals surface area contributed by atoms with E-state index in [-0.39, 0.29) is 24.5 Å². The summed E-state index contributed by atoms with van der Waals surface area (Å²) in [6.45, 7) is 5.79.